The molecule has 0 saturated heterocycles. The van der Waals surface area contributed by atoms with Crippen molar-refractivity contribution in [3.8, 4) is 0 Å². The molecule has 0 amide bonds. The maximum Gasteiger partial charge on any atom is 0.191 e. The lowest BCUT2D eigenvalue weighted by Crippen LogP contribution is -2.43. The summed E-state index contributed by atoms with van der Waals surface area (Å²) in [5.74, 6) is 1.55. The number of aliphatic imine (C=N–C) groups is 1. The molecule has 2 heterocycles. The van der Waals surface area contributed by atoms with Crippen LogP contribution in [0.3, 0.4) is 0 Å². The van der Waals surface area contributed by atoms with E-state index in [1.54, 1.807) is 7.05 Å². The van der Waals surface area contributed by atoms with E-state index in [4.69, 9.17) is 11.6 Å². The van der Waals surface area contributed by atoms with Crippen molar-refractivity contribution in [1.82, 2.24) is 25.2 Å². The van der Waals surface area contributed by atoms with Crippen LogP contribution in [0, 0.1) is 0 Å². The van der Waals surface area contributed by atoms with Crippen LogP contribution in [0.2, 0.25) is 5.02 Å². The minimum absolute atomic E-state index is 0.0932. The van der Waals surface area contributed by atoms with E-state index in [1.165, 1.54) is 5.56 Å². The van der Waals surface area contributed by atoms with E-state index in [2.05, 4.69) is 45.7 Å². The molecule has 0 saturated carbocycles. The first-order valence-corrected chi connectivity index (χ1v) is 8.86. The molecule has 2 aromatic heterocycles. The summed E-state index contributed by atoms with van der Waals surface area (Å²) in [5.41, 5.74) is 1.91. The van der Waals surface area contributed by atoms with Crippen molar-refractivity contribution < 1.29 is 0 Å². The molecular weight excluding hydrogens is 348 g/mol. The molecule has 0 aliphatic heterocycles. The Morgan fingerprint density at radius 1 is 1.15 bits per heavy atom. The first kappa shape index (κ1) is 18.2. The molecule has 0 aliphatic rings. The smallest absolute Gasteiger partial charge is 0.191 e. The monoisotopic (exact) mass is 370 g/mol. The number of aromatic nitrogens is 3. The van der Waals surface area contributed by atoms with Crippen LogP contribution in [0.25, 0.3) is 5.65 Å². The van der Waals surface area contributed by atoms with Crippen LogP contribution in [0.5, 0.6) is 0 Å². The van der Waals surface area contributed by atoms with E-state index in [-0.39, 0.29) is 5.41 Å². The molecule has 0 atom stereocenters. The van der Waals surface area contributed by atoms with Gasteiger partial charge >= 0.3 is 0 Å². The topological polar surface area (TPSA) is 66.6 Å². The maximum absolute atomic E-state index is 6.12. The van der Waals surface area contributed by atoms with Gasteiger partial charge in [0, 0.05) is 30.2 Å². The third-order valence-electron chi connectivity index (χ3n) is 4.33. The second kappa shape index (κ2) is 7.74. The quantitative estimate of drug-likeness (QED) is 0.535. The van der Waals surface area contributed by atoms with E-state index in [0.29, 0.717) is 19.0 Å². The molecule has 2 N–H and O–H groups in total. The molecule has 136 valence electrons. The van der Waals surface area contributed by atoms with Crippen LogP contribution >= 0.6 is 11.6 Å². The molecule has 3 aromatic rings. The van der Waals surface area contributed by atoms with Crippen molar-refractivity contribution in [3.63, 3.8) is 0 Å². The first-order chi connectivity index (χ1) is 12.5. The lowest BCUT2D eigenvalue weighted by Gasteiger charge is -2.27. The molecule has 0 bridgehead atoms. The lowest BCUT2D eigenvalue weighted by molar-refractivity contribution is 0.508. The second-order valence-electron chi connectivity index (χ2n) is 6.72. The number of rotatable bonds is 5. The number of halogens is 1. The van der Waals surface area contributed by atoms with Crippen molar-refractivity contribution in [3.05, 3.63) is 65.1 Å². The minimum atomic E-state index is -0.0932. The molecule has 3 rings (SSSR count). The average Bonchev–Trinajstić information content (AvgIpc) is 3.05. The summed E-state index contributed by atoms with van der Waals surface area (Å²) < 4.78 is 1.95. The van der Waals surface area contributed by atoms with Gasteiger partial charge < -0.3 is 10.6 Å². The van der Waals surface area contributed by atoms with Crippen molar-refractivity contribution >= 4 is 23.2 Å². The number of benzene rings is 1. The van der Waals surface area contributed by atoms with Gasteiger partial charge in [-0.05, 0) is 29.8 Å². The Bertz CT molecular complexity index is 915. The van der Waals surface area contributed by atoms with Gasteiger partial charge in [-0.15, -0.1) is 10.2 Å². The van der Waals surface area contributed by atoms with Gasteiger partial charge in [-0.3, -0.25) is 9.39 Å². The summed E-state index contributed by atoms with van der Waals surface area (Å²) in [6.07, 6.45) is 1.95. The van der Waals surface area contributed by atoms with Crippen LogP contribution in [0.4, 0.5) is 0 Å². The Morgan fingerprint density at radius 3 is 2.77 bits per heavy atom. The molecule has 0 radical (unpaired) electrons. The zero-order valence-corrected chi connectivity index (χ0v) is 16.0. The molecule has 0 spiro atoms. The zero-order chi connectivity index (χ0) is 18.6. The minimum Gasteiger partial charge on any atom is -0.356 e. The van der Waals surface area contributed by atoms with Crippen LogP contribution in [0.15, 0.2) is 53.7 Å². The lowest BCUT2D eigenvalue weighted by atomic mass is 9.84. The van der Waals surface area contributed by atoms with Crippen LogP contribution in [-0.4, -0.2) is 34.2 Å². The molecule has 0 aliphatic carbocycles. The van der Waals surface area contributed by atoms with Crippen molar-refractivity contribution in [2.45, 2.75) is 25.8 Å². The molecule has 6 nitrogen and oxygen atoms in total. The van der Waals surface area contributed by atoms with E-state index in [0.717, 1.165) is 16.5 Å². The standard InChI is InChI=1S/C19H23ClN6/c1-19(2,14-7-6-8-15(20)11-14)13-23-18(21-3)22-12-17-25-24-16-9-4-5-10-26(16)17/h4-11H,12-13H2,1-3H3,(H2,21,22,23). The number of guanidine groups is 1. The Morgan fingerprint density at radius 2 is 2.00 bits per heavy atom. The van der Waals surface area contributed by atoms with Gasteiger partial charge in [0.05, 0.1) is 6.54 Å². The van der Waals surface area contributed by atoms with E-state index in [1.807, 2.05) is 47.0 Å². The Kier molecular flexibility index (Phi) is 5.42. The third-order valence-corrected chi connectivity index (χ3v) is 4.56. The van der Waals surface area contributed by atoms with E-state index in [9.17, 15) is 0 Å². The van der Waals surface area contributed by atoms with Crippen molar-refractivity contribution in [1.29, 1.82) is 0 Å². The number of nitrogens with one attached hydrogen (secondary N) is 2. The van der Waals surface area contributed by atoms with Gasteiger partial charge in [0.15, 0.2) is 17.4 Å². The summed E-state index contributed by atoms with van der Waals surface area (Å²) in [6.45, 7) is 5.59. The molecular formula is C19H23ClN6. The van der Waals surface area contributed by atoms with Crippen LogP contribution in [-0.2, 0) is 12.0 Å². The Hall–Kier alpha value is -2.60. The highest BCUT2D eigenvalue weighted by Gasteiger charge is 2.21. The SMILES string of the molecule is CN=C(NCc1nnc2ccccn12)NCC(C)(C)c1cccc(Cl)c1. The number of pyridine rings is 1. The van der Waals surface area contributed by atoms with Crippen molar-refractivity contribution in [2.24, 2.45) is 4.99 Å². The van der Waals surface area contributed by atoms with Gasteiger partial charge in [0.2, 0.25) is 0 Å². The zero-order valence-electron chi connectivity index (χ0n) is 15.2. The maximum atomic E-state index is 6.12. The highest BCUT2D eigenvalue weighted by atomic mass is 35.5. The fourth-order valence-corrected chi connectivity index (χ4v) is 2.90. The number of hydrogen-bond donors (Lipinski definition) is 2. The van der Waals surface area contributed by atoms with Crippen LogP contribution < -0.4 is 10.6 Å². The fourth-order valence-electron chi connectivity index (χ4n) is 2.71. The number of hydrogen-bond acceptors (Lipinski definition) is 3. The van der Waals surface area contributed by atoms with E-state index < -0.39 is 0 Å². The molecule has 0 fully saturated rings. The summed E-state index contributed by atoms with van der Waals surface area (Å²) in [4.78, 5) is 4.29. The van der Waals surface area contributed by atoms with Crippen LogP contribution in [0.1, 0.15) is 25.2 Å². The number of fused-ring (bicyclic) bond motifs is 1. The van der Waals surface area contributed by atoms with Gasteiger partial charge in [-0.2, -0.15) is 0 Å². The molecule has 1 aromatic carbocycles. The Labute approximate surface area is 158 Å². The predicted molar refractivity (Wildman–Crippen MR) is 106 cm³/mol. The van der Waals surface area contributed by atoms with Crippen molar-refractivity contribution in [2.75, 3.05) is 13.6 Å². The fraction of sp³-hybridized carbons (Fsp3) is 0.316. The summed E-state index contributed by atoms with van der Waals surface area (Å²) in [6, 6.07) is 13.8. The normalized spacial score (nSPS) is 12.4. The Balaban J connectivity index is 1.61. The highest BCUT2D eigenvalue weighted by molar-refractivity contribution is 6.30. The summed E-state index contributed by atoms with van der Waals surface area (Å²) >= 11 is 6.12. The van der Waals surface area contributed by atoms with Gasteiger partial charge in [0.25, 0.3) is 0 Å². The highest BCUT2D eigenvalue weighted by Crippen LogP contribution is 2.24. The predicted octanol–water partition coefficient (Wildman–Crippen LogP) is 3.03. The summed E-state index contributed by atoms with van der Waals surface area (Å²) in [7, 11) is 1.75. The molecule has 26 heavy (non-hydrogen) atoms. The second-order valence-corrected chi connectivity index (χ2v) is 7.16. The summed E-state index contributed by atoms with van der Waals surface area (Å²) in [5, 5.41) is 15.8. The van der Waals surface area contributed by atoms with E-state index >= 15 is 0 Å². The molecule has 0 unspecified atom stereocenters. The average molecular weight is 371 g/mol. The largest absolute Gasteiger partial charge is 0.356 e. The van der Waals surface area contributed by atoms with Gasteiger partial charge in [-0.25, -0.2) is 0 Å². The van der Waals surface area contributed by atoms with Gasteiger partial charge in [0.1, 0.15) is 0 Å². The van der Waals surface area contributed by atoms with Gasteiger partial charge in [-0.1, -0.05) is 43.6 Å². The first-order valence-electron chi connectivity index (χ1n) is 8.49. The number of nitrogens with zero attached hydrogens (tertiary/aromatic N) is 4. The third kappa shape index (κ3) is 4.14. The molecule has 7 heteroatoms.